The van der Waals surface area contributed by atoms with E-state index in [9.17, 15) is 0 Å². The summed E-state index contributed by atoms with van der Waals surface area (Å²) in [5, 5.41) is 7.43. The van der Waals surface area contributed by atoms with Crippen LogP contribution in [0.4, 0.5) is 0 Å². The molecule has 4 nitrogen and oxygen atoms in total. The number of rotatable bonds is 4. The smallest absolute Gasteiger partial charge is 0.150 e. The van der Waals surface area contributed by atoms with E-state index in [4.69, 9.17) is 4.52 Å². The SMILES string of the molecule is c1ccc(CC2CN(Cc3ccno3)CCCN2)cc1. The minimum atomic E-state index is 0.503. The summed E-state index contributed by atoms with van der Waals surface area (Å²) < 4.78 is 5.22. The standard InChI is InChI=1S/C16H21N3O/c1-2-5-14(6-3-1)11-15-12-19(10-4-8-17-15)13-16-7-9-18-20-16/h1-3,5-7,9,15,17H,4,8,10-13H2. The van der Waals surface area contributed by atoms with Crippen molar-refractivity contribution in [1.29, 1.82) is 0 Å². The highest BCUT2D eigenvalue weighted by Gasteiger charge is 2.18. The van der Waals surface area contributed by atoms with Crippen LogP contribution in [0.15, 0.2) is 47.1 Å². The average Bonchev–Trinajstić information content (AvgIpc) is 2.87. The van der Waals surface area contributed by atoms with Crippen LogP contribution < -0.4 is 5.32 Å². The monoisotopic (exact) mass is 271 g/mol. The first kappa shape index (κ1) is 13.3. The minimum absolute atomic E-state index is 0.503. The van der Waals surface area contributed by atoms with E-state index >= 15 is 0 Å². The summed E-state index contributed by atoms with van der Waals surface area (Å²) in [5.41, 5.74) is 1.39. The van der Waals surface area contributed by atoms with Crippen LogP contribution in [-0.2, 0) is 13.0 Å². The molecule has 3 rings (SSSR count). The van der Waals surface area contributed by atoms with Gasteiger partial charge < -0.3 is 9.84 Å². The first-order valence-electron chi connectivity index (χ1n) is 7.29. The van der Waals surface area contributed by atoms with Gasteiger partial charge in [0.1, 0.15) is 0 Å². The highest BCUT2D eigenvalue weighted by molar-refractivity contribution is 5.16. The maximum absolute atomic E-state index is 5.22. The molecule has 1 N–H and O–H groups in total. The highest BCUT2D eigenvalue weighted by Crippen LogP contribution is 2.11. The van der Waals surface area contributed by atoms with E-state index in [1.54, 1.807) is 6.20 Å². The lowest BCUT2D eigenvalue weighted by Crippen LogP contribution is -2.38. The molecule has 106 valence electrons. The predicted octanol–water partition coefficient (Wildman–Crippen LogP) is 2.08. The molecule has 1 unspecified atom stereocenters. The summed E-state index contributed by atoms with van der Waals surface area (Å²) in [7, 11) is 0. The van der Waals surface area contributed by atoms with Crippen LogP contribution >= 0.6 is 0 Å². The fourth-order valence-corrected chi connectivity index (χ4v) is 2.80. The summed E-state index contributed by atoms with van der Waals surface area (Å²) in [6, 6.07) is 13.1. The second kappa shape index (κ2) is 6.68. The molecule has 1 aliphatic heterocycles. The zero-order valence-electron chi connectivity index (χ0n) is 11.7. The number of hydrogen-bond acceptors (Lipinski definition) is 4. The molecule has 1 atom stereocenters. The quantitative estimate of drug-likeness (QED) is 0.924. The van der Waals surface area contributed by atoms with Crippen LogP contribution in [0.3, 0.4) is 0 Å². The summed E-state index contributed by atoms with van der Waals surface area (Å²) in [6.07, 6.45) is 3.97. The summed E-state index contributed by atoms with van der Waals surface area (Å²) in [4.78, 5) is 2.45. The molecular formula is C16H21N3O. The van der Waals surface area contributed by atoms with Crippen LogP contribution in [-0.4, -0.2) is 35.7 Å². The van der Waals surface area contributed by atoms with Gasteiger partial charge in [0.15, 0.2) is 5.76 Å². The number of aromatic nitrogens is 1. The lowest BCUT2D eigenvalue weighted by molar-refractivity contribution is 0.227. The van der Waals surface area contributed by atoms with Gasteiger partial charge in [-0.1, -0.05) is 35.5 Å². The molecule has 0 radical (unpaired) electrons. The van der Waals surface area contributed by atoms with Crippen molar-refractivity contribution in [2.75, 3.05) is 19.6 Å². The largest absolute Gasteiger partial charge is 0.360 e. The Balaban J connectivity index is 1.60. The third-order valence-electron chi connectivity index (χ3n) is 3.76. The lowest BCUT2D eigenvalue weighted by Gasteiger charge is -2.23. The van der Waals surface area contributed by atoms with Crippen molar-refractivity contribution in [1.82, 2.24) is 15.4 Å². The van der Waals surface area contributed by atoms with Gasteiger partial charge in [-0.2, -0.15) is 0 Å². The van der Waals surface area contributed by atoms with Gasteiger partial charge in [-0.3, -0.25) is 4.90 Å². The van der Waals surface area contributed by atoms with E-state index in [0.717, 1.165) is 38.4 Å². The lowest BCUT2D eigenvalue weighted by atomic mass is 10.1. The van der Waals surface area contributed by atoms with Gasteiger partial charge in [-0.25, -0.2) is 0 Å². The molecule has 0 bridgehead atoms. The van der Waals surface area contributed by atoms with E-state index in [-0.39, 0.29) is 0 Å². The van der Waals surface area contributed by atoms with Crippen molar-refractivity contribution in [3.8, 4) is 0 Å². The fraction of sp³-hybridized carbons (Fsp3) is 0.438. The van der Waals surface area contributed by atoms with E-state index in [1.165, 1.54) is 12.0 Å². The van der Waals surface area contributed by atoms with Crippen molar-refractivity contribution in [3.63, 3.8) is 0 Å². The van der Waals surface area contributed by atoms with Crippen LogP contribution in [0.2, 0.25) is 0 Å². The molecule has 0 aliphatic carbocycles. The topological polar surface area (TPSA) is 41.3 Å². The second-order valence-electron chi connectivity index (χ2n) is 5.41. The van der Waals surface area contributed by atoms with Gasteiger partial charge in [0.2, 0.25) is 0 Å². The summed E-state index contributed by atoms with van der Waals surface area (Å²) in [6.45, 7) is 4.10. The molecule has 1 aliphatic rings. The van der Waals surface area contributed by atoms with Crippen LogP contribution in [0, 0.1) is 0 Å². The first-order chi connectivity index (χ1) is 9.90. The van der Waals surface area contributed by atoms with Gasteiger partial charge in [-0.05, 0) is 31.5 Å². The average molecular weight is 271 g/mol. The number of nitrogens with zero attached hydrogens (tertiary/aromatic N) is 2. The normalized spacial score (nSPS) is 20.7. The molecule has 1 fully saturated rings. The Hall–Kier alpha value is -1.65. The third-order valence-corrected chi connectivity index (χ3v) is 3.76. The Kier molecular flexibility index (Phi) is 4.46. The predicted molar refractivity (Wildman–Crippen MR) is 78.3 cm³/mol. The van der Waals surface area contributed by atoms with Crippen LogP contribution in [0.1, 0.15) is 17.7 Å². The molecule has 0 spiro atoms. The van der Waals surface area contributed by atoms with Crippen molar-refractivity contribution >= 4 is 0 Å². The van der Waals surface area contributed by atoms with E-state index < -0.39 is 0 Å². The van der Waals surface area contributed by atoms with Crippen LogP contribution in [0.25, 0.3) is 0 Å². The fourth-order valence-electron chi connectivity index (χ4n) is 2.80. The van der Waals surface area contributed by atoms with Gasteiger partial charge in [0, 0.05) is 18.7 Å². The number of benzene rings is 1. The molecular weight excluding hydrogens is 250 g/mol. The molecule has 1 aromatic heterocycles. The van der Waals surface area contributed by atoms with Crippen molar-refractivity contribution in [2.24, 2.45) is 0 Å². The maximum Gasteiger partial charge on any atom is 0.150 e. The summed E-state index contributed by atoms with van der Waals surface area (Å²) >= 11 is 0. The van der Waals surface area contributed by atoms with E-state index in [0.29, 0.717) is 6.04 Å². The number of nitrogens with one attached hydrogen (secondary N) is 1. The van der Waals surface area contributed by atoms with E-state index in [2.05, 4.69) is 45.7 Å². The maximum atomic E-state index is 5.22. The Morgan fingerprint density at radius 2 is 2.15 bits per heavy atom. The Morgan fingerprint density at radius 3 is 2.95 bits per heavy atom. The molecule has 2 aromatic rings. The molecule has 1 aromatic carbocycles. The Bertz CT molecular complexity index is 498. The molecule has 4 heteroatoms. The van der Waals surface area contributed by atoms with Gasteiger partial charge >= 0.3 is 0 Å². The molecule has 20 heavy (non-hydrogen) atoms. The Morgan fingerprint density at radius 1 is 1.25 bits per heavy atom. The molecule has 0 amide bonds. The number of hydrogen-bond donors (Lipinski definition) is 1. The van der Waals surface area contributed by atoms with Crippen molar-refractivity contribution < 1.29 is 4.52 Å². The van der Waals surface area contributed by atoms with Gasteiger partial charge in [-0.15, -0.1) is 0 Å². The second-order valence-corrected chi connectivity index (χ2v) is 5.41. The van der Waals surface area contributed by atoms with Gasteiger partial charge in [0.05, 0.1) is 12.7 Å². The molecule has 2 heterocycles. The first-order valence-corrected chi connectivity index (χ1v) is 7.29. The van der Waals surface area contributed by atoms with E-state index in [1.807, 2.05) is 6.07 Å². The molecule has 1 saturated heterocycles. The van der Waals surface area contributed by atoms with Gasteiger partial charge in [0.25, 0.3) is 0 Å². The summed E-state index contributed by atoms with van der Waals surface area (Å²) in [5.74, 6) is 0.949. The molecule has 0 saturated carbocycles. The third kappa shape index (κ3) is 3.68. The Labute approximate surface area is 119 Å². The zero-order chi connectivity index (χ0) is 13.6. The van der Waals surface area contributed by atoms with Crippen LogP contribution in [0.5, 0.6) is 0 Å². The minimum Gasteiger partial charge on any atom is -0.360 e. The highest BCUT2D eigenvalue weighted by atomic mass is 16.5. The van der Waals surface area contributed by atoms with Crippen molar-refractivity contribution in [3.05, 3.63) is 53.9 Å². The zero-order valence-corrected chi connectivity index (χ0v) is 11.7. The van der Waals surface area contributed by atoms with Crippen molar-refractivity contribution in [2.45, 2.75) is 25.4 Å².